The van der Waals surface area contributed by atoms with Crippen LogP contribution in [0.5, 0.6) is 11.5 Å². The molecule has 2 rings (SSSR count). The van der Waals surface area contributed by atoms with E-state index >= 15 is 0 Å². The third kappa shape index (κ3) is 3.89. The first-order chi connectivity index (χ1) is 11.5. The fraction of sp³-hybridized carbons (Fsp3) is 0.211. The van der Waals surface area contributed by atoms with Gasteiger partial charge in [-0.2, -0.15) is 0 Å². The maximum absolute atomic E-state index is 12.1. The van der Waals surface area contributed by atoms with Gasteiger partial charge in [0.1, 0.15) is 0 Å². The Morgan fingerprint density at radius 2 is 1.83 bits per heavy atom. The van der Waals surface area contributed by atoms with E-state index in [1.807, 2.05) is 31.2 Å². The van der Waals surface area contributed by atoms with Crippen LogP contribution in [-0.4, -0.2) is 20.0 Å². The van der Waals surface area contributed by atoms with Crippen LogP contribution in [0.15, 0.2) is 42.6 Å². The third-order valence-electron chi connectivity index (χ3n) is 3.71. The molecule has 5 heteroatoms. The molecule has 0 spiro atoms. The van der Waals surface area contributed by atoms with Gasteiger partial charge in [-0.1, -0.05) is 23.7 Å². The largest absolute Gasteiger partial charge is 0.493 e. The molecule has 0 saturated carbocycles. The predicted octanol–water partition coefficient (Wildman–Crippen LogP) is 4.71. The maximum atomic E-state index is 12.1. The smallest absolute Gasteiger partial charge is 0.161 e. The van der Waals surface area contributed by atoms with Gasteiger partial charge in [0, 0.05) is 22.5 Å². The standard InChI is InChI=1S/C19H20ClNO3/c1-12-16(20)6-5-7-17(12)21-11-15(13(2)22)14-8-9-18(23-3)19(10-14)24-4/h5-11,21H,1-4H3/b15-11-. The van der Waals surface area contributed by atoms with Crippen LogP contribution in [0.2, 0.25) is 5.02 Å². The number of halogens is 1. The molecule has 0 aliphatic heterocycles. The van der Waals surface area contributed by atoms with Crippen LogP contribution in [0.4, 0.5) is 5.69 Å². The van der Waals surface area contributed by atoms with Crippen molar-refractivity contribution in [3.63, 3.8) is 0 Å². The Kier molecular flexibility index (Phi) is 5.88. The molecule has 2 aromatic rings. The average Bonchev–Trinajstić information content (AvgIpc) is 2.58. The first-order valence-electron chi connectivity index (χ1n) is 7.43. The fourth-order valence-corrected chi connectivity index (χ4v) is 2.48. The molecule has 1 N–H and O–H groups in total. The van der Waals surface area contributed by atoms with E-state index in [2.05, 4.69) is 5.32 Å². The molecule has 2 aromatic carbocycles. The van der Waals surface area contributed by atoms with E-state index in [9.17, 15) is 4.79 Å². The van der Waals surface area contributed by atoms with Gasteiger partial charge >= 0.3 is 0 Å². The van der Waals surface area contributed by atoms with Crippen LogP contribution >= 0.6 is 11.6 Å². The van der Waals surface area contributed by atoms with Crippen LogP contribution in [0.3, 0.4) is 0 Å². The Hall–Kier alpha value is -2.46. The number of ketones is 1. The van der Waals surface area contributed by atoms with Gasteiger partial charge in [-0.25, -0.2) is 0 Å². The van der Waals surface area contributed by atoms with Crippen LogP contribution in [-0.2, 0) is 4.79 Å². The average molecular weight is 346 g/mol. The van der Waals surface area contributed by atoms with Crippen molar-refractivity contribution in [1.29, 1.82) is 0 Å². The number of anilines is 1. The molecule has 0 fully saturated rings. The number of allylic oxidation sites excluding steroid dienone is 1. The van der Waals surface area contributed by atoms with E-state index in [-0.39, 0.29) is 5.78 Å². The number of carbonyl (C=O) groups is 1. The number of hydrogen-bond donors (Lipinski definition) is 1. The molecule has 0 radical (unpaired) electrons. The monoisotopic (exact) mass is 345 g/mol. The highest BCUT2D eigenvalue weighted by molar-refractivity contribution is 6.31. The second kappa shape index (κ2) is 7.88. The maximum Gasteiger partial charge on any atom is 0.161 e. The quantitative estimate of drug-likeness (QED) is 0.770. The number of hydrogen-bond acceptors (Lipinski definition) is 4. The summed E-state index contributed by atoms with van der Waals surface area (Å²) in [6, 6.07) is 11.0. The third-order valence-corrected chi connectivity index (χ3v) is 4.12. The predicted molar refractivity (Wildman–Crippen MR) is 98.0 cm³/mol. The Morgan fingerprint density at radius 1 is 1.12 bits per heavy atom. The Morgan fingerprint density at radius 3 is 2.46 bits per heavy atom. The summed E-state index contributed by atoms with van der Waals surface area (Å²) in [5.74, 6) is 1.12. The zero-order valence-electron chi connectivity index (χ0n) is 14.1. The second-order valence-corrected chi connectivity index (χ2v) is 5.65. The first-order valence-corrected chi connectivity index (χ1v) is 7.81. The van der Waals surface area contributed by atoms with Gasteiger partial charge in [0.25, 0.3) is 0 Å². The lowest BCUT2D eigenvalue weighted by molar-refractivity contribution is -0.111. The summed E-state index contributed by atoms with van der Waals surface area (Å²) in [5.41, 5.74) is 3.05. The van der Waals surface area contributed by atoms with Gasteiger partial charge in [-0.05, 0) is 49.2 Å². The Bertz CT molecular complexity index is 784. The molecule has 0 aliphatic carbocycles. The summed E-state index contributed by atoms with van der Waals surface area (Å²) >= 11 is 6.12. The molecule has 0 amide bonds. The molecule has 0 saturated heterocycles. The minimum Gasteiger partial charge on any atom is -0.493 e. The van der Waals surface area contributed by atoms with Crippen molar-refractivity contribution >= 4 is 28.6 Å². The number of Topliss-reactive ketones (excluding diaryl/α,β-unsaturated/α-hetero) is 1. The fourth-order valence-electron chi connectivity index (χ4n) is 2.31. The number of rotatable bonds is 6. The molecule has 0 heterocycles. The highest BCUT2D eigenvalue weighted by Crippen LogP contribution is 2.31. The number of ether oxygens (including phenoxy) is 2. The van der Waals surface area contributed by atoms with Crippen molar-refractivity contribution in [3.05, 3.63) is 58.7 Å². The van der Waals surface area contributed by atoms with Crippen LogP contribution in [0, 0.1) is 6.92 Å². The summed E-state index contributed by atoms with van der Waals surface area (Å²) in [6.07, 6.45) is 1.68. The highest BCUT2D eigenvalue weighted by atomic mass is 35.5. The van der Waals surface area contributed by atoms with Gasteiger partial charge in [0.2, 0.25) is 0 Å². The Labute approximate surface area is 147 Å². The lowest BCUT2D eigenvalue weighted by Gasteiger charge is -2.12. The molecule has 4 nitrogen and oxygen atoms in total. The minimum absolute atomic E-state index is 0.0607. The van der Waals surface area contributed by atoms with Crippen molar-refractivity contribution in [3.8, 4) is 11.5 Å². The summed E-state index contributed by atoms with van der Waals surface area (Å²) in [5, 5.41) is 3.83. The molecule has 0 atom stereocenters. The van der Waals surface area contributed by atoms with Gasteiger partial charge < -0.3 is 14.8 Å². The van der Waals surface area contributed by atoms with Crippen molar-refractivity contribution < 1.29 is 14.3 Å². The van der Waals surface area contributed by atoms with Crippen LogP contribution < -0.4 is 14.8 Å². The van der Waals surface area contributed by atoms with Crippen molar-refractivity contribution in [2.45, 2.75) is 13.8 Å². The SMILES string of the molecule is COc1ccc(/C(=C\Nc2cccc(Cl)c2C)C(C)=O)cc1OC. The number of nitrogens with one attached hydrogen (secondary N) is 1. The molecular formula is C19H20ClNO3. The lowest BCUT2D eigenvalue weighted by atomic mass is 10.0. The van der Waals surface area contributed by atoms with Crippen molar-refractivity contribution in [1.82, 2.24) is 0 Å². The van der Waals surface area contributed by atoms with Gasteiger partial charge in [-0.3, -0.25) is 4.79 Å². The zero-order valence-corrected chi connectivity index (χ0v) is 14.9. The van der Waals surface area contributed by atoms with Crippen molar-refractivity contribution in [2.75, 3.05) is 19.5 Å². The van der Waals surface area contributed by atoms with E-state index < -0.39 is 0 Å². The summed E-state index contributed by atoms with van der Waals surface area (Å²) in [7, 11) is 3.13. The normalized spacial score (nSPS) is 11.1. The van der Waals surface area contributed by atoms with Gasteiger partial charge in [0.15, 0.2) is 17.3 Å². The summed E-state index contributed by atoms with van der Waals surface area (Å²) < 4.78 is 10.5. The molecule has 126 valence electrons. The molecule has 0 unspecified atom stereocenters. The molecule has 24 heavy (non-hydrogen) atoms. The van der Waals surface area contributed by atoms with E-state index in [0.717, 1.165) is 16.8 Å². The second-order valence-electron chi connectivity index (χ2n) is 5.24. The molecule has 0 aromatic heterocycles. The molecule has 0 bridgehead atoms. The van der Waals surface area contributed by atoms with E-state index in [1.165, 1.54) is 6.92 Å². The number of methoxy groups -OCH3 is 2. The number of carbonyl (C=O) groups excluding carboxylic acids is 1. The molecule has 0 aliphatic rings. The lowest BCUT2D eigenvalue weighted by Crippen LogP contribution is -2.02. The highest BCUT2D eigenvalue weighted by Gasteiger charge is 2.12. The van der Waals surface area contributed by atoms with Gasteiger partial charge in [-0.15, -0.1) is 0 Å². The van der Waals surface area contributed by atoms with Gasteiger partial charge in [0.05, 0.1) is 14.2 Å². The minimum atomic E-state index is -0.0607. The van der Waals surface area contributed by atoms with E-state index in [1.54, 1.807) is 32.6 Å². The molecular weight excluding hydrogens is 326 g/mol. The van der Waals surface area contributed by atoms with Crippen LogP contribution in [0.1, 0.15) is 18.1 Å². The Balaban J connectivity index is 2.39. The summed E-state index contributed by atoms with van der Waals surface area (Å²) in [4.78, 5) is 12.1. The van der Waals surface area contributed by atoms with Crippen LogP contribution in [0.25, 0.3) is 5.57 Å². The van der Waals surface area contributed by atoms with E-state index in [0.29, 0.717) is 22.1 Å². The van der Waals surface area contributed by atoms with E-state index in [4.69, 9.17) is 21.1 Å². The first kappa shape index (κ1) is 17.9. The topological polar surface area (TPSA) is 47.6 Å². The number of benzene rings is 2. The zero-order chi connectivity index (χ0) is 17.7. The summed E-state index contributed by atoms with van der Waals surface area (Å²) in [6.45, 7) is 3.44. The van der Waals surface area contributed by atoms with Crippen molar-refractivity contribution in [2.24, 2.45) is 0 Å².